The molecule has 0 amide bonds. The summed E-state index contributed by atoms with van der Waals surface area (Å²) in [6, 6.07) is 14.8. The molecule has 1 N–H and O–H groups in total. The molecule has 0 spiro atoms. The third kappa shape index (κ3) is 4.23. The van der Waals surface area contributed by atoms with Crippen molar-refractivity contribution in [3.8, 4) is 5.75 Å². The fourth-order valence-electron chi connectivity index (χ4n) is 2.26. The third-order valence-corrected chi connectivity index (χ3v) is 3.50. The van der Waals surface area contributed by atoms with E-state index >= 15 is 0 Å². The fourth-order valence-corrected chi connectivity index (χ4v) is 2.39. The molecular weight excluding hydrogens is 288 g/mol. The lowest BCUT2D eigenvalue weighted by Gasteiger charge is -2.16. The van der Waals surface area contributed by atoms with E-state index < -0.39 is 5.97 Å². The first-order valence-corrected chi connectivity index (χ1v) is 7.18. The Morgan fingerprint density at radius 3 is 2.10 bits per heavy atom. The molecule has 3 nitrogen and oxygen atoms in total. The van der Waals surface area contributed by atoms with E-state index in [1.807, 2.05) is 43.3 Å². The second-order valence-electron chi connectivity index (χ2n) is 4.70. The highest BCUT2D eigenvalue weighted by Gasteiger charge is 2.18. The molecule has 0 heterocycles. The number of carboxylic acids is 1. The van der Waals surface area contributed by atoms with E-state index in [1.54, 1.807) is 12.1 Å². The molecule has 0 saturated carbocycles. The van der Waals surface area contributed by atoms with Crippen LogP contribution in [-0.2, 0) is 4.79 Å². The highest BCUT2D eigenvalue weighted by Crippen LogP contribution is 2.30. The van der Waals surface area contributed by atoms with Crippen LogP contribution in [0.4, 0.5) is 0 Å². The average molecular weight is 305 g/mol. The Bertz CT molecular complexity index is 590. The molecule has 0 fully saturated rings. The van der Waals surface area contributed by atoms with Crippen molar-refractivity contribution in [1.82, 2.24) is 0 Å². The van der Waals surface area contributed by atoms with Gasteiger partial charge in [0.15, 0.2) is 0 Å². The van der Waals surface area contributed by atoms with Gasteiger partial charge < -0.3 is 9.84 Å². The highest BCUT2D eigenvalue weighted by molar-refractivity contribution is 6.30. The summed E-state index contributed by atoms with van der Waals surface area (Å²) in [6.07, 6.45) is 0.0373. The summed E-state index contributed by atoms with van der Waals surface area (Å²) < 4.78 is 5.41. The second-order valence-corrected chi connectivity index (χ2v) is 5.14. The van der Waals surface area contributed by atoms with Crippen LogP contribution < -0.4 is 4.74 Å². The molecule has 21 heavy (non-hydrogen) atoms. The SMILES string of the molecule is CCOc1ccc([C@H](CC(=O)O)c2ccc(Cl)cc2)cc1. The van der Waals surface area contributed by atoms with Crippen molar-refractivity contribution in [1.29, 1.82) is 0 Å². The molecule has 0 bridgehead atoms. The van der Waals surface area contributed by atoms with E-state index in [9.17, 15) is 4.79 Å². The van der Waals surface area contributed by atoms with Gasteiger partial charge in [0.25, 0.3) is 0 Å². The van der Waals surface area contributed by atoms with Crippen LogP contribution in [0.25, 0.3) is 0 Å². The Balaban J connectivity index is 2.30. The van der Waals surface area contributed by atoms with Crippen LogP contribution in [0.3, 0.4) is 0 Å². The molecule has 2 aromatic carbocycles. The van der Waals surface area contributed by atoms with Crippen LogP contribution in [0.1, 0.15) is 30.4 Å². The van der Waals surface area contributed by atoms with Gasteiger partial charge in [-0.15, -0.1) is 0 Å². The maximum absolute atomic E-state index is 11.1. The van der Waals surface area contributed by atoms with E-state index in [0.29, 0.717) is 11.6 Å². The van der Waals surface area contributed by atoms with Gasteiger partial charge in [0, 0.05) is 10.9 Å². The van der Waals surface area contributed by atoms with E-state index in [0.717, 1.165) is 16.9 Å². The normalized spacial score (nSPS) is 11.9. The van der Waals surface area contributed by atoms with Crippen LogP contribution in [0.2, 0.25) is 5.02 Å². The number of benzene rings is 2. The van der Waals surface area contributed by atoms with Crippen molar-refractivity contribution in [2.45, 2.75) is 19.3 Å². The van der Waals surface area contributed by atoms with E-state index in [4.69, 9.17) is 21.4 Å². The van der Waals surface area contributed by atoms with Crippen molar-refractivity contribution in [2.75, 3.05) is 6.61 Å². The summed E-state index contributed by atoms with van der Waals surface area (Å²) in [5, 5.41) is 9.79. The van der Waals surface area contributed by atoms with Gasteiger partial charge in [0.05, 0.1) is 13.0 Å². The molecule has 0 saturated heterocycles. The minimum Gasteiger partial charge on any atom is -0.494 e. The number of ether oxygens (including phenoxy) is 1. The van der Waals surface area contributed by atoms with E-state index in [-0.39, 0.29) is 12.3 Å². The summed E-state index contributed by atoms with van der Waals surface area (Å²) in [7, 11) is 0. The number of hydrogen-bond acceptors (Lipinski definition) is 2. The maximum Gasteiger partial charge on any atom is 0.304 e. The largest absolute Gasteiger partial charge is 0.494 e. The lowest BCUT2D eigenvalue weighted by atomic mass is 9.88. The quantitative estimate of drug-likeness (QED) is 0.863. The number of hydrogen-bond donors (Lipinski definition) is 1. The highest BCUT2D eigenvalue weighted by atomic mass is 35.5. The topological polar surface area (TPSA) is 46.5 Å². The molecule has 0 aromatic heterocycles. The molecule has 2 aromatic rings. The lowest BCUT2D eigenvalue weighted by Crippen LogP contribution is -2.08. The smallest absolute Gasteiger partial charge is 0.304 e. The molecule has 0 unspecified atom stereocenters. The predicted molar refractivity (Wildman–Crippen MR) is 83.2 cm³/mol. The lowest BCUT2D eigenvalue weighted by molar-refractivity contribution is -0.137. The van der Waals surface area contributed by atoms with Crippen LogP contribution in [0.15, 0.2) is 48.5 Å². The zero-order chi connectivity index (χ0) is 15.2. The number of carboxylic acid groups (broad SMARTS) is 1. The minimum absolute atomic E-state index is 0.0373. The van der Waals surface area contributed by atoms with Crippen molar-refractivity contribution in [3.63, 3.8) is 0 Å². The predicted octanol–water partition coefficient (Wildman–Crippen LogP) is 4.35. The molecule has 0 aliphatic heterocycles. The summed E-state index contributed by atoms with van der Waals surface area (Å²) in [4.78, 5) is 11.1. The first-order valence-electron chi connectivity index (χ1n) is 6.80. The average Bonchev–Trinajstić information content (AvgIpc) is 2.47. The number of halogens is 1. The molecule has 110 valence electrons. The number of rotatable bonds is 6. The minimum atomic E-state index is -0.830. The van der Waals surface area contributed by atoms with Gasteiger partial charge in [0.2, 0.25) is 0 Å². The maximum atomic E-state index is 11.1. The summed E-state index contributed by atoms with van der Waals surface area (Å²) >= 11 is 5.89. The van der Waals surface area contributed by atoms with Crippen LogP contribution in [0.5, 0.6) is 5.75 Å². The molecular formula is C17H17ClO3. The van der Waals surface area contributed by atoms with Crippen LogP contribution in [-0.4, -0.2) is 17.7 Å². The zero-order valence-electron chi connectivity index (χ0n) is 11.8. The Morgan fingerprint density at radius 1 is 1.10 bits per heavy atom. The Hall–Kier alpha value is -2.00. The van der Waals surface area contributed by atoms with Crippen molar-refractivity contribution >= 4 is 17.6 Å². The molecule has 0 radical (unpaired) electrons. The Morgan fingerprint density at radius 2 is 1.62 bits per heavy atom. The van der Waals surface area contributed by atoms with Gasteiger partial charge >= 0.3 is 5.97 Å². The number of carbonyl (C=O) groups is 1. The van der Waals surface area contributed by atoms with E-state index in [2.05, 4.69) is 0 Å². The molecule has 1 atom stereocenters. The van der Waals surface area contributed by atoms with Crippen LogP contribution in [0, 0.1) is 0 Å². The standard InChI is InChI=1S/C17H17ClO3/c1-2-21-15-9-5-13(6-10-15)16(11-17(19)20)12-3-7-14(18)8-4-12/h3-10,16H,2,11H2,1H3,(H,19,20)/t16-/m1/s1. The first kappa shape index (κ1) is 15.4. The van der Waals surface area contributed by atoms with Crippen molar-refractivity contribution in [2.24, 2.45) is 0 Å². The molecule has 0 aliphatic rings. The molecule has 4 heteroatoms. The first-order chi connectivity index (χ1) is 10.1. The van der Waals surface area contributed by atoms with Crippen molar-refractivity contribution < 1.29 is 14.6 Å². The second kappa shape index (κ2) is 7.14. The molecule has 0 aliphatic carbocycles. The molecule has 2 rings (SSSR count). The van der Waals surface area contributed by atoms with Crippen LogP contribution >= 0.6 is 11.6 Å². The van der Waals surface area contributed by atoms with Gasteiger partial charge in [-0.1, -0.05) is 35.9 Å². The van der Waals surface area contributed by atoms with Gasteiger partial charge in [-0.25, -0.2) is 0 Å². The summed E-state index contributed by atoms with van der Waals surface area (Å²) in [6.45, 7) is 2.53. The zero-order valence-corrected chi connectivity index (χ0v) is 12.5. The van der Waals surface area contributed by atoms with Crippen molar-refractivity contribution in [3.05, 3.63) is 64.7 Å². The van der Waals surface area contributed by atoms with Gasteiger partial charge in [0.1, 0.15) is 5.75 Å². The summed E-state index contributed by atoms with van der Waals surface area (Å²) in [5.74, 6) is -0.245. The number of aliphatic carboxylic acids is 1. The van der Waals surface area contributed by atoms with E-state index in [1.165, 1.54) is 0 Å². The Kier molecular flexibility index (Phi) is 5.23. The third-order valence-electron chi connectivity index (χ3n) is 3.24. The monoisotopic (exact) mass is 304 g/mol. The Labute approximate surface area is 129 Å². The van der Waals surface area contributed by atoms with Gasteiger partial charge in [-0.3, -0.25) is 4.79 Å². The fraction of sp³-hybridized carbons (Fsp3) is 0.235. The van der Waals surface area contributed by atoms with Gasteiger partial charge in [-0.05, 0) is 42.3 Å². The van der Waals surface area contributed by atoms with Gasteiger partial charge in [-0.2, -0.15) is 0 Å². The summed E-state index contributed by atoms with van der Waals surface area (Å²) in [5.41, 5.74) is 1.88.